The summed E-state index contributed by atoms with van der Waals surface area (Å²) in [6, 6.07) is 0. The summed E-state index contributed by atoms with van der Waals surface area (Å²) < 4.78 is 5.50. The molecule has 1 saturated heterocycles. The lowest BCUT2D eigenvalue weighted by molar-refractivity contribution is -0.245. The van der Waals surface area contributed by atoms with E-state index >= 15 is 0 Å². The minimum atomic E-state index is -1.52. The molecule has 5 N–H and O–H groups in total. The molecule has 132 valence electrons. The number of aliphatic hydroxyl groups excluding tert-OH is 5. The van der Waals surface area contributed by atoms with Crippen molar-refractivity contribution in [2.24, 2.45) is 17.8 Å². The van der Waals surface area contributed by atoms with E-state index in [9.17, 15) is 30.3 Å². The molecular formula is C16H26O7. The average Bonchev–Trinajstić information content (AvgIpc) is 2.52. The number of hydrogen-bond donors (Lipinski definition) is 5. The van der Waals surface area contributed by atoms with Crippen LogP contribution in [-0.4, -0.2) is 75.0 Å². The molecule has 0 aromatic rings. The molecular weight excluding hydrogens is 304 g/mol. The Kier molecular flexibility index (Phi) is 5.94. The molecule has 3 unspecified atom stereocenters. The van der Waals surface area contributed by atoms with Gasteiger partial charge < -0.3 is 30.3 Å². The molecule has 0 aromatic carbocycles. The van der Waals surface area contributed by atoms with Crippen LogP contribution in [0.1, 0.15) is 19.8 Å². The van der Waals surface area contributed by atoms with Crippen molar-refractivity contribution in [2.45, 2.75) is 50.3 Å². The largest absolute Gasteiger partial charge is 0.396 e. The average molecular weight is 330 g/mol. The third kappa shape index (κ3) is 3.50. The van der Waals surface area contributed by atoms with Crippen LogP contribution in [-0.2, 0) is 9.53 Å². The van der Waals surface area contributed by atoms with Crippen LogP contribution in [0.15, 0.2) is 12.2 Å². The maximum absolute atomic E-state index is 12.6. The van der Waals surface area contributed by atoms with E-state index in [0.717, 1.165) is 5.57 Å². The number of Topliss-reactive ketones (excluding diaryl/α,β-unsaturated/α-hetero) is 1. The predicted octanol–water partition coefficient (Wildman–Crippen LogP) is -1.39. The van der Waals surface area contributed by atoms with Gasteiger partial charge in [0.15, 0.2) is 0 Å². The Balaban J connectivity index is 2.24. The first kappa shape index (κ1) is 18.5. The summed E-state index contributed by atoms with van der Waals surface area (Å²) in [6.07, 6.45) is -5.77. The fourth-order valence-electron chi connectivity index (χ4n) is 3.68. The van der Waals surface area contributed by atoms with Crippen LogP contribution in [0.3, 0.4) is 0 Å². The van der Waals surface area contributed by atoms with Gasteiger partial charge in [-0.3, -0.25) is 4.79 Å². The number of carbonyl (C=O) groups excluding carboxylic acids is 1. The molecule has 0 amide bonds. The molecule has 1 heterocycles. The van der Waals surface area contributed by atoms with Crippen molar-refractivity contribution in [3.63, 3.8) is 0 Å². The van der Waals surface area contributed by atoms with Crippen molar-refractivity contribution in [1.29, 1.82) is 0 Å². The first-order valence-electron chi connectivity index (χ1n) is 7.91. The highest BCUT2D eigenvalue weighted by Gasteiger charge is 2.51. The molecule has 7 heteroatoms. The van der Waals surface area contributed by atoms with Gasteiger partial charge >= 0.3 is 0 Å². The molecule has 2 rings (SSSR count). The molecule has 23 heavy (non-hydrogen) atoms. The highest BCUT2D eigenvalue weighted by molar-refractivity contribution is 5.83. The van der Waals surface area contributed by atoms with Gasteiger partial charge in [0, 0.05) is 13.0 Å². The normalized spacial score (nSPS) is 45.0. The van der Waals surface area contributed by atoms with Gasteiger partial charge in [-0.05, 0) is 25.2 Å². The summed E-state index contributed by atoms with van der Waals surface area (Å²) in [7, 11) is 0. The number of rotatable bonds is 4. The molecule has 0 radical (unpaired) electrons. The topological polar surface area (TPSA) is 127 Å². The van der Waals surface area contributed by atoms with E-state index in [0.29, 0.717) is 6.42 Å². The van der Waals surface area contributed by atoms with Gasteiger partial charge in [-0.1, -0.05) is 12.2 Å². The fraction of sp³-hybridized carbons (Fsp3) is 0.812. The van der Waals surface area contributed by atoms with E-state index in [1.807, 2.05) is 6.92 Å². The second-order valence-corrected chi connectivity index (χ2v) is 6.71. The van der Waals surface area contributed by atoms with Gasteiger partial charge in [0.25, 0.3) is 0 Å². The number of carbonyl (C=O) groups is 1. The number of allylic oxidation sites excluding steroid dienone is 1. The lowest BCUT2D eigenvalue weighted by Gasteiger charge is -2.46. The van der Waals surface area contributed by atoms with E-state index in [-0.39, 0.29) is 24.7 Å². The molecule has 7 nitrogen and oxygen atoms in total. The molecule has 0 bridgehead atoms. The number of hydrogen-bond acceptors (Lipinski definition) is 7. The Bertz CT molecular complexity index is 450. The minimum absolute atomic E-state index is 0.0271. The molecule has 2 aliphatic rings. The minimum Gasteiger partial charge on any atom is -0.396 e. The van der Waals surface area contributed by atoms with Gasteiger partial charge in [0.05, 0.1) is 18.6 Å². The zero-order valence-corrected chi connectivity index (χ0v) is 13.2. The van der Waals surface area contributed by atoms with Crippen molar-refractivity contribution in [3.8, 4) is 0 Å². The summed E-state index contributed by atoms with van der Waals surface area (Å²) in [5.74, 6) is -1.42. The quantitative estimate of drug-likeness (QED) is 0.402. The van der Waals surface area contributed by atoms with Gasteiger partial charge in [-0.25, -0.2) is 0 Å². The Labute approximate surface area is 135 Å². The number of ketones is 1. The van der Waals surface area contributed by atoms with Crippen molar-refractivity contribution < 1.29 is 35.1 Å². The monoisotopic (exact) mass is 330 g/mol. The molecule has 1 saturated carbocycles. The van der Waals surface area contributed by atoms with Crippen molar-refractivity contribution >= 4 is 5.78 Å². The predicted molar refractivity (Wildman–Crippen MR) is 80.4 cm³/mol. The molecule has 0 spiro atoms. The molecule has 1 aliphatic carbocycles. The highest BCUT2D eigenvalue weighted by Crippen LogP contribution is 2.40. The van der Waals surface area contributed by atoms with E-state index in [4.69, 9.17) is 4.74 Å². The fourth-order valence-corrected chi connectivity index (χ4v) is 3.68. The first-order valence-corrected chi connectivity index (χ1v) is 7.91. The molecule has 0 aromatic heterocycles. The summed E-state index contributed by atoms with van der Waals surface area (Å²) in [4.78, 5) is 12.6. The Morgan fingerprint density at radius 3 is 2.35 bits per heavy atom. The molecule has 2 fully saturated rings. The second kappa shape index (κ2) is 7.38. The van der Waals surface area contributed by atoms with E-state index in [2.05, 4.69) is 6.58 Å². The Hall–Kier alpha value is -0.830. The van der Waals surface area contributed by atoms with E-state index in [1.54, 1.807) is 0 Å². The third-order valence-corrected chi connectivity index (χ3v) is 5.13. The highest BCUT2D eigenvalue weighted by atomic mass is 16.5. The van der Waals surface area contributed by atoms with Crippen LogP contribution in [0.2, 0.25) is 0 Å². The van der Waals surface area contributed by atoms with Crippen LogP contribution in [0.4, 0.5) is 0 Å². The van der Waals surface area contributed by atoms with Crippen LogP contribution in [0, 0.1) is 17.8 Å². The smallest absolute Gasteiger partial charge is 0.139 e. The zero-order valence-electron chi connectivity index (χ0n) is 13.2. The standard InChI is InChI=1S/C16H26O7/c1-7(2)8-3-9(5-17)12(10(19)4-8)16-15(22)14(21)13(20)11(6-18)23-16/h8-9,11-18,20-22H,1,3-6H2,2H3/t8?,9?,11-,12?,13-,14+,15-,16+/m1/s1. The summed E-state index contributed by atoms with van der Waals surface area (Å²) in [5.41, 5.74) is 0.865. The third-order valence-electron chi connectivity index (χ3n) is 5.13. The first-order chi connectivity index (χ1) is 10.8. The number of aliphatic hydroxyl groups is 5. The Morgan fingerprint density at radius 1 is 1.17 bits per heavy atom. The summed E-state index contributed by atoms with van der Waals surface area (Å²) >= 11 is 0. The second-order valence-electron chi connectivity index (χ2n) is 6.71. The van der Waals surface area contributed by atoms with Gasteiger partial charge in [0.1, 0.15) is 30.2 Å². The van der Waals surface area contributed by atoms with E-state index < -0.39 is 49.0 Å². The summed E-state index contributed by atoms with van der Waals surface area (Å²) in [5, 5.41) is 48.9. The maximum Gasteiger partial charge on any atom is 0.139 e. The Morgan fingerprint density at radius 2 is 1.83 bits per heavy atom. The van der Waals surface area contributed by atoms with Gasteiger partial charge in [-0.15, -0.1) is 0 Å². The lowest BCUT2D eigenvalue weighted by atomic mass is 9.67. The zero-order chi connectivity index (χ0) is 17.3. The van der Waals surface area contributed by atoms with E-state index in [1.165, 1.54) is 0 Å². The number of ether oxygens (including phenoxy) is 1. The van der Waals surface area contributed by atoms with Crippen LogP contribution in [0.5, 0.6) is 0 Å². The van der Waals surface area contributed by atoms with Crippen molar-refractivity contribution in [1.82, 2.24) is 0 Å². The van der Waals surface area contributed by atoms with Crippen LogP contribution in [0.25, 0.3) is 0 Å². The van der Waals surface area contributed by atoms with Crippen LogP contribution < -0.4 is 0 Å². The summed E-state index contributed by atoms with van der Waals surface area (Å²) in [6.45, 7) is 4.90. The molecule has 8 atom stereocenters. The van der Waals surface area contributed by atoms with Gasteiger partial charge in [0.2, 0.25) is 0 Å². The van der Waals surface area contributed by atoms with Crippen molar-refractivity contribution in [3.05, 3.63) is 12.2 Å². The SMILES string of the molecule is C=C(C)C1CC(=O)C([C@@H]2O[C@H](CO)[C@@H](O)[C@H](O)[C@H]2O)C(CO)C1. The van der Waals surface area contributed by atoms with Crippen LogP contribution >= 0.6 is 0 Å². The van der Waals surface area contributed by atoms with Crippen molar-refractivity contribution in [2.75, 3.05) is 13.2 Å². The van der Waals surface area contributed by atoms with Gasteiger partial charge in [-0.2, -0.15) is 0 Å². The lowest BCUT2D eigenvalue weighted by Crippen LogP contribution is -2.62. The maximum atomic E-state index is 12.6. The molecule has 1 aliphatic heterocycles.